The maximum absolute atomic E-state index is 12.4. The van der Waals surface area contributed by atoms with Gasteiger partial charge in [0.2, 0.25) is 5.91 Å². The van der Waals surface area contributed by atoms with Crippen LogP contribution in [0.5, 0.6) is 0 Å². The average molecular weight is 306 g/mol. The van der Waals surface area contributed by atoms with Crippen LogP contribution in [0.25, 0.3) is 11.0 Å². The number of hydrogen-bond donors (Lipinski definition) is 1. The molecule has 4 nitrogen and oxygen atoms in total. The molecule has 1 aliphatic carbocycles. The van der Waals surface area contributed by atoms with Crippen molar-refractivity contribution in [2.45, 2.75) is 31.7 Å². The molecule has 0 aliphatic heterocycles. The first-order valence-corrected chi connectivity index (χ1v) is 8.02. The molecule has 0 bridgehead atoms. The maximum atomic E-state index is 12.4. The third kappa shape index (κ3) is 2.72. The van der Waals surface area contributed by atoms with E-state index >= 15 is 0 Å². The molecule has 1 amide bonds. The zero-order valence-electron chi connectivity index (χ0n) is 12.8. The van der Waals surface area contributed by atoms with Gasteiger partial charge in [0.15, 0.2) is 5.58 Å². The number of nitrogens with zero attached hydrogens (tertiary/aromatic N) is 1. The molecule has 1 aliphatic rings. The molecule has 4 heteroatoms. The number of rotatable bonds is 3. The molecular weight excluding hydrogens is 288 g/mol. The molecule has 1 atom stereocenters. The van der Waals surface area contributed by atoms with Crippen LogP contribution < -0.4 is 5.32 Å². The van der Waals surface area contributed by atoms with Gasteiger partial charge in [0, 0.05) is 5.39 Å². The molecule has 1 aromatic heterocycles. The Morgan fingerprint density at radius 3 is 2.96 bits per heavy atom. The molecule has 1 heterocycles. The summed E-state index contributed by atoms with van der Waals surface area (Å²) in [6, 6.07) is 16.1. The second-order valence-electron chi connectivity index (χ2n) is 6.01. The van der Waals surface area contributed by atoms with E-state index in [1.807, 2.05) is 30.3 Å². The molecule has 4 rings (SSSR count). The summed E-state index contributed by atoms with van der Waals surface area (Å²) in [5.41, 5.74) is 4.01. The van der Waals surface area contributed by atoms with E-state index in [9.17, 15) is 4.79 Å². The Kier molecular flexibility index (Phi) is 3.58. The van der Waals surface area contributed by atoms with Crippen molar-refractivity contribution in [3.8, 4) is 0 Å². The summed E-state index contributed by atoms with van der Waals surface area (Å²) in [7, 11) is 0. The summed E-state index contributed by atoms with van der Waals surface area (Å²) in [6.07, 6.45) is 3.43. The van der Waals surface area contributed by atoms with Gasteiger partial charge in [0.25, 0.3) is 0 Å². The molecular formula is C19H18N2O2. The lowest BCUT2D eigenvalue weighted by molar-refractivity contribution is -0.121. The van der Waals surface area contributed by atoms with Gasteiger partial charge in [-0.05, 0) is 42.5 Å². The largest absolute Gasteiger partial charge is 0.356 e. The number of benzene rings is 2. The number of amides is 1. The normalized spacial score (nSPS) is 17.0. The molecule has 0 saturated heterocycles. The molecule has 0 fully saturated rings. The highest BCUT2D eigenvalue weighted by atomic mass is 16.5. The Bertz CT molecular complexity index is 853. The number of fused-ring (bicyclic) bond motifs is 2. The van der Waals surface area contributed by atoms with E-state index in [2.05, 4.69) is 28.7 Å². The molecule has 116 valence electrons. The molecule has 0 saturated carbocycles. The van der Waals surface area contributed by atoms with Crippen LogP contribution in [-0.4, -0.2) is 11.1 Å². The molecule has 0 spiro atoms. The lowest BCUT2D eigenvalue weighted by atomic mass is 9.87. The van der Waals surface area contributed by atoms with Gasteiger partial charge < -0.3 is 9.84 Å². The highest BCUT2D eigenvalue weighted by molar-refractivity contribution is 5.86. The summed E-state index contributed by atoms with van der Waals surface area (Å²) in [5, 5.41) is 8.10. The minimum atomic E-state index is -0.00856. The van der Waals surface area contributed by atoms with Gasteiger partial charge in [-0.1, -0.05) is 41.6 Å². The summed E-state index contributed by atoms with van der Waals surface area (Å²) in [4.78, 5) is 12.4. The van der Waals surface area contributed by atoms with E-state index in [1.165, 1.54) is 11.1 Å². The fraction of sp³-hybridized carbons (Fsp3) is 0.263. The van der Waals surface area contributed by atoms with Crippen LogP contribution in [0.3, 0.4) is 0 Å². The molecule has 23 heavy (non-hydrogen) atoms. The Hall–Kier alpha value is -2.62. The Balaban J connectivity index is 1.51. The summed E-state index contributed by atoms with van der Waals surface area (Å²) >= 11 is 0. The Morgan fingerprint density at radius 1 is 1.17 bits per heavy atom. The third-order valence-corrected chi connectivity index (χ3v) is 4.48. The predicted octanol–water partition coefficient (Wildman–Crippen LogP) is 3.56. The van der Waals surface area contributed by atoms with Crippen LogP contribution in [0.1, 0.15) is 35.7 Å². The number of nitrogens with one attached hydrogen (secondary N) is 1. The van der Waals surface area contributed by atoms with Gasteiger partial charge in [-0.2, -0.15) is 0 Å². The summed E-state index contributed by atoms with van der Waals surface area (Å²) < 4.78 is 5.27. The zero-order chi connectivity index (χ0) is 15.6. The van der Waals surface area contributed by atoms with Crippen molar-refractivity contribution in [2.24, 2.45) is 0 Å². The summed E-state index contributed by atoms with van der Waals surface area (Å²) in [5.74, 6) is -0.00856. The third-order valence-electron chi connectivity index (χ3n) is 4.48. The van der Waals surface area contributed by atoms with Gasteiger partial charge in [-0.3, -0.25) is 4.79 Å². The lowest BCUT2D eigenvalue weighted by Crippen LogP contribution is -2.32. The van der Waals surface area contributed by atoms with Crippen LogP contribution in [0.2, 0.25) is 0 Å². The number of aromatic nitrogens is 1. The van der Waals surface area contributed by atoms with E-state index in [4.69, 9.17) is 4.52 Å². The van der Waals surface area contributed by atoms with Crippen molar-refractivity contribution >= 4 is 16.9 Å². The average Bonchev–Trinajstić information content (AvgIpc) is 2.98. The first-order valence-electron chi connectivity index (χ1n) is 8.02. The van der Waals surface area contributed by atoms with Crippen LogP contribution in [0.15, 0.2) is 53.1 Å². The second-order valence-corrected chi connectivity index (χ2v) is 6.01. The number of carbonyl (C=O) groups excluding carboxylic acids is 1. The van der Waals surface area contributed by atoms with E-state index < -0.39 is 0 Å². The Morgan fingerprint density at radius 2 is 2.00 bits per heavy atom. The monoisotopic (exact) mass is 306 g/mol. The van der Waals surface area contributed by atoms with Crippen LogP contribution in [-0.2, 0) is 17.6 Å². The van der Waals surface area contributed by atoms with E-state index in [-0.39, 0.29) is 18.4 Å². The lowest BCUT2D eigenvalue weighted by Gasteiger charge is -2.26. The highest BCUT2D eigenvalue weighted by Crippen LogP contribution is 2.29. The first kappa shape index (κ1) is 14.0. The SMILES string of the molecule is O=C(Cc1noc2ccccc12)N[C@@H]1CCCc2ccccc21. The van der Waals surface area contributed by atoms with Gasteiger partial charge >= 0.3 is 0 Å². The van der Waals surface area contributed by atoms with Gasteiger partial charge in [-0.25, -0.2) is 0 Å². The van der Waals surface area contributed by atoms with Gasteiger partial charge in [0.05, 0.1) is 12.5 Å². The predicted molar refractivity (Wildman–Crippen MR) is 88.0 cm³/mol. The van der Waals surface area contributed by atoms with Gasteiger partial charge in [0.1, 0.15) is 5.69 Å². The highest BCUT2D eigenvalue weighted by Gasteiger charge is 2.22. The number of para-hydroxylation sites is 1. The van der Waals surface area contributed by atoms with Crippen molar-refractivity contribution < 1.29 is 9.32 Å². The van der Waals surface area contributed by atoms with Crippen molar-refractivity contribution in [2.75, 3.05) is 0 Å². The van der Waals surface area contributed by atoms with Crippen molar-refractivity contribution in [1.82, 2.24) is 10.5 Å². The van der Waals surface area contributed by atoms with Crippen molar-refractivity contribution in [3.05, 3.63) is 65.4 Å². The fourth-order valence-corrected chi connectivity index (χ4v) is 3.37. The van der Waals surface area contributed by atoms with Gasteiger partial charge in [-0.15, -0.1) is 0 Å². The number of hydrogen-bond acceptors (Lipinski definition) is 3. The minimum absolute atomic E-state index is 0.00856. The zero-order valence-corrected chi connectivity index (χ0v) is 12.8. The van der Waals surface area contributed by atoms with E-state index in [0.29, 0.717) is 5.69 Å². The molecule has 0 radical (unpaired) electrons. The van der Waals surface area contributed by atoms with Crippen LogP contribution in [0.4, 0.5) is 0 Å². The van der Waals surface area contributed by atoms with Crippen LogP contribution in [0, 0.1) is 0 Å². The van der Waals surface area contributed by atoms with Crippen molar-refractivity contribution in [3.63, 3.8) is 0 Å². The van der Waals surface area contributed by atoms with Crippen molar-refractivity contribution in [1.29, 1.82) is 0 Å². The number of aryl methyl sites for hydroxylation is 1. The van der Waals surface area contributed by atoms with E-state index in [0.717, 1.165) is 30.2 Å². The number of carbonyl (C=O) groups is 1. The fourth-order valence-electron chi connectivity index (χ4n) is 3.37. The molecule has 3 aromatic rings. The smallest absolute Gasteiger partial charge is 0.226 e. The Labute approximate surface area is 134 Å². The first-order chi connectivity index (χ1) is 11.3. The standard InChI is InChI=1S/C19H18N2O2/c22-19(12-17-15-9-3-4-11-18(15)23-21-17)20-16-10-5-7-13-6-1-2-8-14(13)16/h1-4,6,8-9,11,16H,5,7,10,12H2,(H,20,22)/t16-/m1/s1. The topological polar surface area (TPSA) is 55.1 Å². The minimum Gasteiger partial charge on any atom is -0.356 e. The molecule has 0 unspecified atom stereocenters. The van der Waals surface area contributed by atoms with E-state index in [1.54, 1.807) is 0 Å². The maximum Gasteiger partial charge on any atom is 0.226 e. The second kappa shape index (κ2) is 5.88. The quantitative estimate of drug-likeness (QED) is 0.805. The summed E-state index contributed by atoms with van der Waals surface area (Å²) in [6.45, 7) is 0. The molecule has 2 aromatic carbocycles. The van der Waals surface area contributed by atoms with Crippen LogP contribution >= 0.6 is 0 Å². The molecule has 1 N–H and O–H groups in total.